The van der Waals surface area contributed by atoms with E-state index in [1.54, 1.807) is 13.0 Å². The molecule has 1 N–H and O–H groups in total. The molecule has 3 rings (SSSR count). The molecule has 106 valence electrons. The van der Waals surface area contributed by atoms with Crippen molar-refractivity contribution in [1.82, 2.24) is 4.98 Å². The van der Waals surface area contributed by atoms with Gasteiger partial charge in [-0.2, -0.15) is 0 Å². The van der Waals surface area contributed by atoms with E-state index in [2.05, 4.69) is 20.9 Å². The molecule has 0 spiro atoms. The maximum absolute atomic E-state index is 11.4. The summed E-state index contributed by atoms with van der Waals surface area (Å²) in [4.78, 5) is 14.3. The molecule has 0 amide bonds. The topological polar surface area (TPSA) is 58.9 Å². The van der Waals surface area contributed by atoms with Crippen LogP contribution < -0.4 is 0 Å². The summed E-state index contributed by atoms with van der Waals surface area (Å²) in [5, 5.41) is 12.2. The van der Waals surface area contributed by atoms with Crippen molar-refractivity contribution in [2.75, 3.05) is 0 Å². The van der Waals surface area contributed by atoms with E-state index in [-0.39, 0.29) is 10.6 Å². The van der Waals surface area contributed by atoms with Gasteiger partial charge in [0.1, 0.15) is 5.52 Å². The molecule has 0 aliphatic carbocycles. The number of hydrogen-bond donors (Lipinski definition) is 1. The summed E-state index contributed by atoms with van der Waals surface area (Å²) >= 11 is 3.53. The van der Waals surface area contributed by atoms with Gasteiger partial charge in [0, 0.05) is 21.1 Å². The number of nitro groups is 1. The molecular weight excluding hydrogens is 332 g/mol. The molecule has 4 nitrogen and oxygen atoms in total. The summed E-state index contributed by atoms with van der Waals surface area (Å²) in [5.41, 5.74) is 4.29. The number of fused-ring (bicyclic) bond motifs is 1. The summed E-state index contributed by atoms with van der Waals surface area (Å²) in [6.07, 6.45) is 0. The van der Waals surface area contributed by atoms with Gasteiger partial charge in [0.25, 0.3) is 5.69 Å². The number of halogens is 1. The number of nitrogens with zero attached hydrogens (tertiary/aromatic N) is 1. The van der Waals surface area contributed by atoms with Crippen molar-refractivity contribution in [3.8, 4) is 11.3 Å². The molecule has 0 saturated heterocycles. The first-order valence-electron chi connectivity index (χ1n) is 6.52. The molecule has 5 heteroatoms. The molecule has 0 bridgehead atoms. The number of H-pyrrole nitrogens is 1. The normalized spacial score (nSPS) is 11.0. The van der Waals surface area contributed by atoms with Crippen molar-refractivity contribution in [2.24, 2.45) is 0 Å². The second-order valence-electron chi connectivity index (χ2n) is 5.02. The molecule has 0 aliphatic heterocycles. The first-order chi connectivity index (χ1) is 10.0. The lowest BCUT2D eigenvalue weighted by molar-refractivity contribution is -0.383. The summed E-state index contributed by atoms with van der Waals surface area (Å²) in [5.74, 6) is 0. The summed E-state index contributed by atoms with van der Waals surface area (Å²) < 4.78 is 0.872. The van der Waals surface area contributed by atoms with E-state index < -0.39 is 0 Å². The average molecular weight is 345 g/mol. The molecule has 0 saturated carbocycles. The van der Waals surface area contributed by atoms with Crippen LogP contribution in [0.3, 0.4) is 0 Å². The predicted molar refractivity (Wildman–Crippen MR) is 87.6 cm³/mol. The highest BCUT2D eigenvalue weighted by molar-refractivity contribution is 9.10. The average Bonchev–Trinajstić information content (AvgIpc) is 2.77. The Bertz CT molecular complexity index is 854. The minimum Gasteiger partial charge on any atom is -0.349 e. The van der Waals surface area contributed by atoms with E-state index in [0.29, 0.717) is 11.1 Å². The fraction of sp³-hybridized carbons (Fsp3) is 0.125. The first kappa shape index (κ1) is 13.8. The third-order valence-electron chi connectivity index (χ3n) is 3.69. The Labute approximate surface area is 130 Å². The van der Waals surface area contributed by atoms with Crippen LogP contribution in [0.5, 0.6) is 0 Å². The lowest BCUT2D eigenvalue weighted by Gasteiger charge is -2.02. The minimum absolute atomic E-state index is 0.137. The maximum atomic E-state index is 11.4. The van der Waals surface area contributed by atoms with Gasteiger partial charge in [-0.3, -0.25) is 10.1 Å². The van der Waals surface area contributed by atoms with Crippen molar-refractivity contribution < 1.29 is 4.92 Å². The second kappa shape index (κ2) is 5.00. The van der Waals surface area contributed by atoms with Crippen LogP contribution in [0.25, 0.3) is 22.2 Å². The quantitative estimate of drug-likeness (QED) is 0.517. The molecule has 0 unspecified atom stereocenters. The number of hydrogen-bond acceptors (Lipinski definition) is 2. The van der Waals surface area contributed by atoms with Crippen LogP contribution in [0.15, 0.2) is 40.9 Å². The first-order valence-corrected chi connectivity index (χ1v) is 7.31. The highest BCUT2D eigenvalue weighted by Crippen LogP contribution is 2.40. The smallest absolute Gasteiger partial charge is 0.296 e. The number of aromatic amines is 1. The Balaban J connectivity index is 2.42. The molecule has 1 aromatic heterocycles. The molecule has 1 heterocycles. The Morgan fingerprint density at radius 2 is 1.86 bits per heavy atom. The fourth-order valence-electron chi connectivity index (χ4n) is 2.73. The molecule has 2 aromatic carbocycles. The largest absolute Gasteiger partial charge is 0.349 e. The van der Waals surface area contributed by atoms with Crippen molar-refractivity contribution in [1.29, 1.82) is 0 Å². The number of rotatable bonds is 2. The Morgan fingerprint density at radius 3 is 2.48 bits per heavy atom. The van der Waals surface area contributed by atoms with Gasteiger partial charge in [-0.25, -0.2) is 0 Å². The van der Waals surface area contributed by atoms with E-state index in [4.69, 9.17) is 0 Å². The molecular formula is C16H13BrN2O2. The van der Waals surface area contributed by atoms with Crippen LogP contribution in [0, 0.1) is 24.0 Å². The van der Waals surface area contributed by atoms with Gasteiger partial charge in [0.15, 0.2) is 0 Å². The molecule has 21 heavy (non-hydrogen) atoms. The number of nitro benzene ring substituents is 1. The zero-order valence-corrected chi connectivity index (χ0v) is 13.2. The van der Waals surface area contributed by atoms with E-state index in [9.17, 15) is 10.1 Å². The third-order valence-corrected chi connectivity index (χ3v) is 4.31. The molecule has 0 radical (unpaired) electrons. The van der Waals surface area contributed by atoms with Gasteiger partial charge >= 0.3 is 0 Å². The van der Waals surface area contributed by atoms with E-state index in [0.717, 1.165) is 26.7 Å². The zero-order chi connectivity index (χ0) is 15.1. The fourth-order valence-corrected chi connectivity index (χ4v) is 3.57. The lowest BCUT2D eigenvalue weighted by atomic mass is 10.1. The van der Waals surface area contributed by atoms with Gasteiger partial charge in [0.2, 0.25) is 0 Å². The van der Waals surface area contributed by atoms with Crippen LogP contribution in [-0.4, -0.2) is 9.91 Å². The van der Waals surface area contributed by atoms with Crippen LogP contribution >= 0.6 is 15.9 Å². The van der Waals surface area contributed by atoms with E-state index >= 15 is 0 Å². The highest BCUT2D eigenvalue weighted by Gasteiger charge is 2.23. The number of benzene rings is 2. The molecule has 0 atom stereocenters. The van der Waals surface area contributed by atoms with Crippen LogP contribution in [0.4, 0.5) is 5.69 Å². The van der Waals surface area contributed by atoms with Gasteiger partial charge in [-0.05, 0) is 31.0 Å². The monoisotopic (exact) mass is 344 g/mol. The zero-order valence-electron chi connectivity index (χ0n) is 11.6. The van der Waals surface area contributed by atoms with Crippen molar-refractivity contribution in [3.05, 3.63) is 62.1 Å². The number of aromatic nitrogens is 1. The number of nitrogens with one attached hydrogen (secondary N) is 1. The third kappa shape index (κ3) is 2.14. The van der Waals surface area contributed by atoms with Gasteiger partial charge in [0.05, 0.1) is 4.92 Å². The minimum atomic E-state index is -0.325. The van der Waals surface area contributed by atoms with Gasteiger partial charge in [-0.1, -0.05) is 46.3 Å². The Kier molecular flexibility index (Phi) is 3.29. The number of aryl methyl sites for hydroxylation is 2. The van der Waals surface area contributed by atoms with Gasteiger partial charge < -0.3 is 4.98 Å². The SMILES string of the molecule is Cc1cc(Br)c2c(C)c(-c3ccccc3)[nH]c2c1[N+](=O)[O-]. The maximum Gasteiger partial charge on any atom is 0.296 e. The van der Waals surface area contributed by atoms with Gasteiger partial charge in [-0.15, -0.1) is 0 Å². The van der Waals surface area contributed by atoms with Crippen molar-refractivity contribution >= 4 is 32.5 Å². The highest BCUT2D eigenvalue weighted by atomic mass is 79.9. The van der Waals surface area contributed by atoms with E-state index in [1.807, 2.05) is 37.3 Å². The van der Waals surface area contributed by atoms with Crippen LogP contribution in [0.2, 0.25) is 0 Å². The van der Waals surface area contributed by atoms with E-state index in [1.165, 1.54) is 0 Å². The lowest BCUT2D eigenvalue weighted by Crippen LogP contribution is -1.93. The summed E-state index contributed by atoms with van der Waals surface area (Å²) in [7, 11) is 0. The standard InChI is InChI=1S/C16H13BrN2O2/c1-9-8-12(17)13-10(2)14(11-6-4-3-5-7-11)18-15(13)16(9)19(20)21/h3-8,18H,1-2H3. The van der Waals surface area contributed by atoms with Crippen molar-refractivity contribution in [2.45, 2.75) is 13.8 Å². The van der Waals surface area contributed by atoms with Crippen LogP contribution in [-0.2, 0) is 0 Å². The summed E-state index contributed by atoms with van der Waals surface area (Å²) in [6.45, 7) is 3.73. The van der Waals surface area contributed by atoms with Crippen molar-refractivity contribution in [3.63, 3.8) is 0 Å². The second-order valence-corrected chi connectivity index (χ2v) is 5.88. The summed E-state index contributed by atoms with van der Waals surface area (Å²) in [6, 6.07) is 11.6. The molecule has 0 aliphatic rings. The molecule has 0 fully saturated rings. The Morgan fingerprint density at radius 1 is 1.19 bits per heavy atom. The molecule has 3 aromatic rings. The predicted octanol–water partition coefficient (Wildman–Crippen LogP) is 5.12. The Hall–Kier alpha value is -2.14. The van der Waals surface area contributed by atoms with Crippen LogP contribution in [0.1, 0.15) is 11.1 Å².